The molecule has 1 amide bonds. The van der Waals surface area contributed by atoms with Gasteiger partial charge in [-0.15, -0.1) is 0 Å². The van der Waals surface area contributed by atoms with Gasteiger partial charge in [0.15, 0.2) is 0 Å². The van der Waals surface area contributed by atoms with Gasteiger partial charge in [0.2, 0.25) is 6.41 Å². The number of hydrogen-bond acceptors (Lipinski definition) is 3. The smallest absolute Gasteiger partial charge is 0.209 e. The standard InChI is InChI=1S/C15H23N3O/c16-15-6-3-5-14(12-15)4-1-2-7-17-8-10-18(13-19)11-9-17/h3,5-6,12-13H,1-2,4,7-11,16H2. The Morgan fingerprint density at radius 1 is 1.16 bits per heavy atom. The van der Waals surface area contributed by atoms with Crippen molar-refractivity contribution in [2.45, 2.75) is 19.3 Å². The molecule has 1 aliphatic heterocycles. The summed E-state index contributed by atoms with van der Waals surface area (Å²) < 4.78 is 0. The summed E-state index contributed by atoms with van der Waals surface area (Å²) in [7, 11) is 0. The van der Waals surface area contributed by atoms with Gasteiger partial charge in [-0.05, 0) is 43.5 Å². The third-order valence-corrected chi connectivity index (χ3v) is 3.70. The lowest BCUT2D eigenvalue weighted by Gasteiger charge is -2.32. The maximum atomic E-state index is 10.6. The summed E-state index contributed by atoms with van der Waals surface area (Å²) >= 11 is 0. The number of nitrogens with zero attached hydrogens (tertiary/aromatic N) is 2. The fraction of sp³-hybridized carbons (Fsp3) is 0.533. The molecule has 0 aromatic heterocycles. The number of nitrogen functional groups attached to an aromatic ring is 1. The lowest BCUT2D eigenvalue weighted by Crippen LogP contribution is -2.45. The molecule has 1 aliphatic rings. The Balaban J connectivity index is 1.61. The first-order valence-corrected chi connectivity index (χ1v) is 7.04. The summed E-state index contributed by atoms with van der Waals surface area (Å²) in [5, 5.41) is 0. The molecule has 1 aromatic rings. The Kier molecular flexibility index (Phi) is 5.21. The molecule has 19 heavy (non-hydrogen) atoms. The van der Waals surface area contributed by atoms with Crippen molar-refractivity contribution in [3.05, 3.63) is 29.8 Å². The zero-order valence-corrected chi connectivity index (χ0v) is 11.4. The minimum Gasteiger partial charge on any atom is -0.399 e. The zero-order valence-electron chi connectivity index (χ0n) is 11.4. The van der Waals surface area contributed by atoms with Gasteiger partial charge in [-0.3, -0.25) is 9.69 Å². The highest BCUT2D eigenvalue weighted by atomic mass is 16.1. The molecule has 4 heteroatoms. The van der Waals surface area contributed by atoms with Crippen LogP contribution in [0.3, 0.4) is 0 Å². The van der Waals surface area contributed by atoms with E-state index in [1.165, 1.54) is 18.4 Å². The predicted molar refractivity (Wildman–Crippen MR) is 77.9 cm³/mol. The van der Waals surface area contributed by atoms with Gasteiger partial charge in [-0.2, -0.15) is 0 Å². The van der Waals surface area contributed by atoms with E-state index in [2.05, 4.69) is 17.0 Å². The van der Waals surface area contributed by atoms with Crippen molar-refractivity contribution in [1.29, 1.82) is 0 Å². The fourth-order valence-electron chi connectivity index (χ4n) is 2.51. The van der Waals surface area contributed by atoms with Crippen LogP contribution in [0.15, 0.2) is 24.3 Å². The number of aryl methyl sites for hydroxylation is 1. The van der Waals surface area contributed by atoms with E-state index < -0.39 is 0 Å². The third kappa shape index (κ3) is 4.56. The van der Waals surface area contributed by atoms with Crippen LogP contribution in [0.4, 0.5) is 5.69 Å². The molecule has 0 aliphatic carbocycles. The lowest BCUT2D eigenvalue weighted by molar-refractivity contribution is -0.119. The lowest BCUT2D eigenvalue weighted by atomic mass is 10.1. The average Bonchev–Trinajstić information content (AvgIpc) is 2.44. The molecule has 2 N–H and O–H groups in total. The van der Waals surface area contributed by atoms with Gasteiger partial charge < -0.3 is 10.6 Å². The van der Waals surface area contributed by atoms with Crippen LogP contribution < -0.4 is 5.73 Å². The van der Waals surface area contributed by atoms with Gasteiger partial charge in [0.1, 0.15) is 0 Å². The summed E-state index contributed by atoms with van der Waals surface area (Å²) in [5.41, 5.74) is 7.94. The van der Waals surface area contributed by atoms with Crippen LogP contribution in [-0.4, -0.2) is 48.9 Å². The molecular formula is C15H23N3O. The van der Waals surface area contributed by atoms with Crippen LogP contribution >= 0.6 is 0 Å². The molecule has 0 unspecified atom stereocenters. The number of hydrogen-bond donors (Lipinski definition) is 1. The molecule has 1 fully saturated rings. The number of benzene rings is 1. The molecule has 4 nitrogen and oxygen atoms in total. The van der Waals surface area contributed by atoms with E-state index in [4.69, 9.17) is 5.73 Å². The van der Waals surface area contributed by atoms with Gasteiger partial charge in [-0.25, -0.2) is 0 Å². The van der Waals surface area contributed by atoms with Crippen LogP contribution in [0.5, 0.6) is 0 Å². The SMILES string of the molecule is Nc1cccc(CCCCN2CCN(C=O)CC2)c1. The maximum Gasteiger partial charge on any atom is 0.209 e. The predicted octanol–water partition coefficient (Wildman–Crippen LogP) is 1.37. The molecule has 1 aromatic carbocycles. The van der Waals surface area contributed by atoms with Gasteiger partial charge in [0.05, 0.1) is 0 Å². The first kappa shape index (κ1) is 13.9. The largest absolute Gasteiger partial charge is 0.399 e. The first-order valence-electron chi connectivity index (χ1n) is 7.04. The number of carbonyl (C=O) groups is 1. The Morgan fingerprint density at radius 2 is 1.95 bits per heavy atom. The van der Waals surface area contributed by atoms with E-state index in [1.807, 2.05) is 17.0 Å². The molecule has 2 rings (SSSR count). The number of piperazine rings is 1. The van der Waals surface area contributed by atoms with E-state index in [9.17, 15) is 4.79 Å². The zero-order chi connectivity index (χ0) is 13.5. The summed E-state index contributed by atoms with van der Waals surface area (Å²) in [6, 6.07) is 8.14. The van der Waals surface area contributed by atoms with E-state index >= 15 is 0 Å². The van der Waals surface area contributed by atoms with E-state index in [0.717, 1.165) is 51.2 Å². The summed E-state index contributed by atoms with van der Waals surface area (Å²) in [4.78, 5) is 14.9. The molecule has 0 bridgehead atoms. The van der Waals surface area contributed by atoms with E-state index in [1.54, 1.807) is 0 Å². The van der Waals surface area contributed by atoms with Crippen LogP contribution in [0, 0.1) is 0 Å². The second kappa shape index (κ2) is 7.14. The Labute approximate surface area is 115 Å². The fourth-order valence-corrected chi connectivity index (χ4v) is 2.51. The third-order valence-electron chi connectivity index (χ3n) is 3.70. The number of rotatable bonds is 6. The molecule has 0 atom stereocenters. The quantitative estimate of drug-likeness (QED) is 0.478. The van der Waals surface area contributed by atoms with Crippen LogP contribution in [0.1, 0.15) is 18.4 Å². The first-order chi connectivity index (χ1) is 9.28. The molecule has 0 spiro atoms. The van der Waals surface area contributed by atoms with Gasteiger partial charge in [0, 0.05) is 31.9 Å². The number of carbonyl (C=O) groups excluding carboxylic acids is 1. The Bertz CT molecular complexity index is 400. The number of anilines is 1. The summed E-state index contributed by atoms with van der Waals surface area (Å²) in [5.74, 6) is 0. The Hall–Kier alpha value is -1.55. The molecule has 104 valence electrons. The van der Waals surface area contributed by atoms with Crippen molar-refractivity contribution in [2.24, 2.45) is 0 Å². The molecule has 1 saturated heterocycles. The maximum absolute atomic E-state index is 10.6. The normalized spacial score (nSPS) is 16.5. The van der Waals surface area contributed by atoms with Crippen molar-refractivity contribution in [1.82, 2.24) is 9.80 Å². The second-order valence-electron chi connectivity index (χ2n) is 5.19. The molecule has 0 saturated carbocycles. The van der Waals surface area contributed by atoms with Crippen LogP contribution in [-0.2, 0) is 11.2 Å². The van der Waals surface area contributed by atoms with Crippen LogP contribution in [0.25, 0.3) is 0 Å². The highest BCUT2D eigenvalue weighted by molar-refractivity contribution is 5.47. The van der Waals surface area contributed by atoms with Crippen molar-refractivity contribution in [2.75, 3.05) is 38.5 Å². The minimum absolute atomic E-state index is 0.850. The minimum atomic E-state index is 0.850. The second-order valence-corrected chi connectivity index (χ2v) is 5.19. The van der Waals surface area contributed by atoms with Gasteiger partial charge in [0.25, 0.3) is 0 Å². The van der Waals surface area contributed by atoms with Crippen molar-refractivity contribution in [3.8, 4) is 0 Å². The highest BCUT2D eigenvalue weighted by Crippen LogP contribution is 2.10. The number of unbranched alkanes of at least 4 members (excludes halogenated alkanes) is 1. The van der Waals surface area contributed by atoms with Crippen molar-refractivity contribution >= 4 is 12.1 Å². The monoisotopic (exact) mass is 261 g/mol. The van der Waals surface area contributed by atoms with Crippen LogP contribution in [0.2, 0.25) is 0 Å². The molecule has 0 radical (unpaired) electrons. The van der Waals surface area contributed by atoms with Crippen molar-refractivity contribution in [3.63, 3.8) is 0 Å². The number of amides is 1. The van der Waals surface area contributed by atoms with Gasteiger partial charge >= 0.3 is 0 Å². The van der Waals surface area contributed by atoms with Crippen molar-refractivity contribution < 1.29 is 4.79 Å². The van der Waals surface area contributed by atoms with E-state index in [0.29, 0.717) is 0 Å². The topological polar surface area (TPSA) is 49.6 Å². The van der Waals surface area contributed by atoms with E-state index in [-0.39, 0.29) is 0 Å². The Morgan fingerprint density at radius 3 is 2.63 bits per heavy atom. The number of nitrogens with two attached hydrogens (primary N) is 1. The summed E-state index contributed by atoms with van der Waals surface area (Å²) in [6.07, 6.45) is 4.45. The van der Waals surface area contributed by atoms with Gasteiger partial charge in [-0.1, -0.05) is 12.1 Å². The average molecular weight is 261 g/mol. The molecular weight excluding hydrogens is 238 g/mol. The molecule has 1 heterocycles. The highest BCUT2D eigenvalue weighted by Gasteiger charge is 2.14. The summed E-state index contributed by atoms with van der Waals surface area (Å²) in [6.45, 7) is 4.90.